The molecule has 22 heavy (non-hydrogen) atoms. The van der Waals surface area contributed by atoms with Crippen molar-refractivity contribution in [1.29, 1.82) is 0 Å². The summed E-state index contributed by atoms with van der Waals surface area (Å²) in [5, 5.41) is 6.49. The highest BCUT2D eigenvalue weighted by Crippen LogP contribution is 2.24. The number of amides is 1. The highest BCUT2D eigenvalue weighted by Gasteiger charge is 2.23. The van der Waals surface area contributed by atoms with Crippen LogP contribution in [0.2, 0.25) is 0 Å². The Bertz CT molecular complexity index is 535. The molecule has 0 bridgehead atoms. The standard InChI is InChI=1S/C18H27N3O/c1-12-3-9-16-13(11-12)4-10-17(21-16)18(22)20-15-7-5-14(19-2)6-8-15/h4,10,12,14-15,19H,3,5-9,11H2,1-2H3,(H,20,22). The number of aryl methyl sites for hydroxylation is 1. The lowest BCUT2D eigenvalue weighted by Crippen LogP contribution is -2.41. The van der Waals surface area contributed by atoms with Crippen molar-refractivity contribution in [3.63, 3.8) is 0 Å². The van der Waals surface area contributed by atoms with Crippen LogP contribution in [0.1, 0.15) is 60.8 Å². The van der Waals surface area contributed by atoms with Crippen LogP contribution in [-0.2, 0) is 12.8 Å². The van der Waals surface area contributed by atoms with E-state index in [2.05, 4.69) is 28.6 Å². The predicted octanol–water partition coefficient (Wildman–Crippen LogP) is 2.47. The maximum absolute atomic E-state index is 12.4. The highest BCUT2D eigenvalue weighted by atomic mass is 16.1. The van der Waals surface area contributed by atoms with Gasteiger partial charge >= 0.3 is 0 Å². The largest absolute Gasteiger partial charge is 0.348 e. The molecule has 1 unspecified atom stereocenters. The van der Waals surface area contributed by atoms with E-state index in [-0.39, 0.29) is 5.91 Å². The monoisotopic (exact) mass is 301 g/mol. The van der Waals surface area contributed by atoms with Gasteiger partial charge in [0, 0.05) is 17.8 Å². The van der Waals surface area contributed by atoms with Crippen LogP contribution in [0.4, 0.5) is 0 Å². The van der Waals surface area contributed by atoms with E-state index in [4.69, 9.17) is 0 Å². The Labute approximate surface area is 133 Å². The zero-order valence-electron chi connectivity index (χ0n) is 13.7. The minimum atomic E-state index is -0.00525. The van der Waals surface area contributed by atoms with Gasteiger partial charge in [-0.1, -0.05) is 13.0 Å². The molecular weight excluding hydrogens is 274 g/mol. The first kappa shape index (κ1) is 15.5. The third-order valence-electron chi connectivity index (χ3n) is 5.21. The summed E-state index contributed by atoms with van der Waals surface area (Å²) in [7, 11) is 2.02. The van der Waals surface area contributed by atoms with Crippen molar-refractivity contribution in [3.8, 4) is 0 Å². The Morgan fingerprint density at radius 3 is 2.59 bits per heavy atom. The topological polar surface area (TPSA) is 54.0 Å². The van der Waals surface area contributed by atoms with E-state index in [1.165, 1.54) is 12.0 Å². The van der Waals surface area contributed by atoms with Crippen molar-refractivity contribution in [3.05, 3.63) is 29.1 Å². The molecule has 4 nitrogen and oxygen atoms in total. The van der Waals surface area contributed by atoms with Gasteiger partial charge in [0.1, 0.15) is 5.69 Å². The van der Waals surface area contributed by atoms with Gasteiger partial charge in [0.25, 0.3) is 5.91 Å². The maximum Gasteiger partial charge on any atom is 0.270 e. The fourth-order valence-electron chi connectivity index (χ4n) is 3.71. The average Bonchev–Trinajstić information content (AvgIpc) is 2.55. The van der Waals surface area contributed by atoms with Gasteiger partial charge in [-0.25, -0.2) is 4.98 Å². The first-order valence-corrected chi connectivity index (χ1v) is 8.62. The van der Waals surface area contributed by atoms with E-state index in [0.29, 0.717) is 17.8 Å². The molecule has 1 atom stereocenters. The first-order chi connectivity index (χ1) is 10.7. The number of rotatable bonds is 3. The van der Waals surface area contributed by atoms with Gasteiger partial charge in [-0.3, -0.25) is 4.79 Å². The molecule has 1 saturated carbocycles. The number of carbonyl (C=O) groups excluding carboxylic acids is 1. The number of carbonyl (C=O) groups is 1. The number of nitrogens with zero attached hydrogens (tertiary/aromatic N) is 1. The van der Waals surface area contributed by atoms with Crippen LogP contribution in [-0.4, -0.2) is 30.0 Å². The molecule has 1 aromatic heterocycles. The Morgan fingerprint density at radius 1 is 1.14 bits per heavy atom. The lowest BCUT2D eigenvalue weighted by molar-refractivity contribution is 0.0919. The van der Waals surface area contributed by atoms with Gasteiger partial charge in [-0.05, 0) is 69.5 Å². The molecular formula is C18H27N3O. The van der Waals surface area contributed by atoms with Crippen LogP contribution in [0.5, 0.6) is 0 Å². The fraction of sp³-hybridized carbons (Fsp3) is 0.667. The highest BCUT2D eigenvalue weighted by molar-refractivity contribution is 5.92. The van der Waals surface area contributed by atoms with Crippen LogP contribution in [0.25, 0.3) is 0 Å². The lowest BCUT2D eigenvalue weighted by Gasteiger charge is -2.28. The second-order valence-electron chi connectivity index (χ2n) is 6.96. The molecule has 1 fully saturated rings. The summed E-state index contributed by atoms with van der Waals surface area (Å²) in [6.07, 6.45) is 7.66. The summed E-state index contributed by atoms with van der Waals surface area (Å²) in [4.78, 5) is 17.0. The van der Waals surface area contributed by atoms with E-state index < -0.39 is 0 Å². The lowest BCUT2D eigenvalue weighted by atomic mass is 9.88. The zero-order valence-corrected chi connectivity index (χ0v) is 13.7. The number of aromatic nitrogens is 1. The van der Waals surface area contributed by atoms with E-state index in [0.717, 1.165) is 50.1 Å². The van der Waals surface area contributed by atoms with Gasteiger partial charge in [-0.2, -0.15) is 0 Å². The SMILES string of the molecule is CNC1CCC(NC(=O)c2ccc3c(n2)CCC(C)C3)CC1. The molecule has 0 radical (unpaired) electrons. The number of nitrogens with one attached hydrogen (secondary N) is 2. The van der Waals surface area contributed by atoms with Gasteiger partial charge in [0.2, 0.25) is 0 Å². The second-order valence-corrected chi connectivity index (χ2v) is 6.96. The molecule has 1 amide bonds. The average molecular weight is 301 g/mol. The van der Waals surface area contributed by atoms with Gasteiger partial charge < -0.3 is 10.6 Å². The minimum absolute atomic E-state index is 0.00525. The molecule has 120 valence electrons. The normalized spacial score (nSPS) is 28.0. The van der Waals surface area contributed by atoms with Crippen LogP contribution >= 0.6 is 0 Å². The van der Waals surface area contributed by atoms with Crippen molar-refractivity contribution >= 4 is 5.91 Å². The molecule has 1 heterocycles. The fourth-order valence-corrected chi connectivity index (χ4v) is 3.71. The zero-order chi connectivity index (χ0) is 15.5. The number of pyridine rings is 1. The quantitative estimate of drug-likeness (QED) is 0.902. The Kier molecular flexibility index (Phi) is 4.77. The maximum atomic E-state index is 12.4. The van der Waals surface area contributed by atoms with E-state index in [1.807, 2.05) is 13.1 Å². The number of hydrogen-bond acceptors (Lipinski definition) is 3. The van der Waals surface area contributed by atoms with Crippen LogP contribution < -0.4 is 10.6 Å². The Balaban J connectivity index is 1.61. The summed E-state index contributed by atoms with van der Waals surface area (Å²) in [6, 6.07) is 4.91. The van der Waals surface area contributed by atoms with Crippen molar-refractivity contribution in [1.82, 2.24) is 15.6 Å². The van der Waals surface area contributed by atoms with E-state index in [1.54, 1.807) is 0 Å². The van der Waals surface area contributed by atoms with Crippen LogP contribution in [0.15, 0.2) is 12.1 Å². The molecule has 1 aromatic rings. The molecule has 4 heteroatoms. The minimum Gasteiger partial charge on any atom is -0.348 e. The molecule has 2 N–H and O–H groups in total. The number of fused-ring (bicyclic) bond motifs is 1. The molecule has 3 rings (SSSR count). The summed E-state index contributed by atoms with van der Waals surface area (Å²) in [5.74, 6) is 0.727. The van der Waals surface area contributed by atoms with Gasteiger partial charge in [0.05, 0.1) is 0 Å². The summed E-state index contributed by atoms with van der Waals surface area (Å²) in [5.41, 5.74) is 3.04. The summed E-state index contributed by atoms with van der Waals surface area (Å²) >= 11 is 0. The van der Waals surface area contributed by atoms with Gasteiger partial charge in [-0.15, -0.1) is 0 Å². The molecule has 0 aliphatic heterocycles. The van der Waals surface area contributed by atoms with Gasteiger partial charge in [0.15, 0.2) is 0 Å². The first-order valence-electron chi connectivity index (χ1n) is 8.62. The Morgan fingerprint density at radius 2 is 1.86 bits per heavy atom. The summed E-state index contributed by atoms with van der Waals surface area (Å²) < 4.78 is 0. The van der Waals surface area contributed by atoms with Crippen LogP contribution in [0.3, 0.4) is 0 Å². The van der Waals surface area contributed by atoms with Crippen molar-refractivity contribution < 1.29 is 4.79 Å². The van der Waals surface area contributed by atoms with E-state index >= 15 is 0 Å². The predicted molar refractivity (Wildman–Crippen MR) is 88.0 cm³/mol. The van der Waals surface area contributed by atoms with Crippen molar-refractivity contribution in [2.75, 3.05) is 7.05 Å². The summed E-state index contributed by atoms with van der Waals surface area (Å²) in [6.45, 7) is 2.28. The van der Waals surface area contributed by atoms with Crippen LogP contribution in [0, 0.1) is 5.92 Å². The van der Waals surface area contributed by atoms with Crippen molar-refractivity contribution in [2.24, 2.45) is 5.92 Å². The third-order valence-corrected chi connectivity index (χ3v) is 5.21. The number of hydrogen-bond donors (Lipinski definition) is 2. The molecule has 2 aliphatic carbocycles. The molecule has 0 spiro atoms. The second kappa shape index (κ2) is 6.78. The van der Waals surface area contributed by atoms with Crippen molar-refractivity contribution in [2.45, 2.75) is 64.0 Å². The third kappa shape index (κ3) is 3.49. The molecule has 0 saturated heterocycles. The Hall–Kier alpha value is -1.42. The molecule has 0 aromatic carbocycles. The molecule has 2 aliphatic rings. The van der Waals surface area contributed by atoms with E-state index in [9.17, 15) is 4.79 Å². The smallest absolute Gasteiger partial charge is 0.270 e.